The molecule has 148 valence electrons. The maximum Gasteiger partial charge on any atom is 0.254 e. The molecule has 0 aromatic heterocycles. The van der Waals surface area contributed by atoms with Crippen molar-refractivity contribution in [2.75, 3.05) is 26.2 Å². The van der Waals surface area contributed by atoms with Crippen molar-refractivity contribution in [3.63, 3.8) is 0 Å². The smallest absolute Gasteiger partial charge is 0.254 e. The molecule has 0 spiro atoms. The van der Waals surface area contributed by atoms with Crippen LogP contribution in [-0.2, 0) is 0 Å². The summed E-state index contributed by atoms with van der Waals surface area (Å²) < 4.78 is 0. The summed E-state index contributed by atoms with van der Waals surface area (Å²) in [5.41, 5.74) is 5.74. The molecule has 1 amide bonds. The highest BCUT2D eigenvalue weighted by molar-refractivity contribution is 5.95. The Labute approximate surface area is 173 Å². The van der Waals surface area contributed by atoms with Crippen molar-refractivity contribution in [1.29, 1.82) is 0 Å². The van der Waals surface area contributed by atoms with Gasteiger partial charge >= 0.3 is 0 Å². The topological polar surface area (TPSA) is 23.6 Å². The largest absolute Gasteiger partial charge is 0.336 e. The Bertz CT molecular complexity index is 958. The molecule has 0 N–H and O–H groups in total. The van der Waals surface area contributed by atoms with Crippen molar-refractivity contribution in [1.82, 2.24) is 9.80 Å². The van der Waals surface area contributed by atoms with Gasteiger partial charge in [-0.3, -0.25) is 9.69 Å². The van der Waals surface area contributed by atoms with Crippen LogP contribution < -0.4 is 0 Å². The van der Waals surface area contributed by atoms with Crippen molar-refractivity contribution in [3.05, 3.63) is 107 Å². The molecule has 0 saturated carbocycles. The number of rotatable bonds is 4. The van der Waals surface area contributed by atoms with Gasteiger partial charge in [-0.25, -0.2) is 0 Å². The van der Waals surface area contributed by atoms with Gasteiger partial charge in [0.2, 0.25) is 0 Å². The second kappa shape index (κ2) is 8.62. The average molecular weight is 385 g/mol. The van der Waals surface area contributed by atoms with Crippen LogP contribution in [0.15, 0.2) is 78.9 Å². The molecule has 0 aliphatic carbocycles. The van der Waals surface area contributed by atoms with Crippen LogP contribution in [0.3, 0.4) is 0 Å². The number of amides is 1. The van der Waals surface area contributed by atoms with Crippen LogP contribution in [0.2, 0.25) is 0 Å². The Balaban J connectivity index is 1.53. The van der Waals surface area contributed by atoms with E-state index in [1.165, 1.54) is 16.7 Å². The molecule has 3 aromatic rings. The first-order valence-corrected chi connectivity index (χ1v) is 10.3. The molecule has 1 atom stereocenters. The molecule has 0 unspecified atom stereocenters. The van der Waals surface area contributed by atoms with Crippen LogP contribution in [-0.4, -0.2) is 41.9 Å². The lowest BCUT2D eigenvalue weighted by atomic mass is 9.95. The molecule has 29 heavy (non-hydrogen) atoms. The quantitative estimate of drug-likeness (QED) is 0.642. The predicted octanol–water partition coefficient (Wildman–Crippen LogP) is 4.85. The normalized spacial score (nSPS) is 15.9. The zero-order valence-electron chi connectivity index (χ0n) is 17.2. The third-order valence-corrected chi connectivity index (χ3v) is 5.85. The van der Waals surface area contributed by atoms with E-state index in [0.29, 0.717) is 0 Å². The number of benzene rings is 3. The van der Waals surface area contributed by atoms with Crippen LogP contribution in [0.25, 0.3) is 0 Å². The van der Waals surface area contributed by atoms with Gasteiger partial charge in [0.15, 0.2) is 0 Å². The van der Waals surface area contributed by atoms with Crippen molar-refractivity contribution in [3.8, 4) is 0 Å². The molecule has 1 aliphatic rings. The summed E-state index contributed by atoms with van der Waals surface area (Å²) in [4.78, 5) is 17.5. The van der Waals surface area contributed by atoms with E-state index in [1.807, 2.05) is 36.1 Å². The SMILES string of the molecule is Cc1ccc([C@@H](c2ccccc2)N2CCN(C(=O)c3ccccc3C)CC2)cc1. The van der Waals surface area contributed by atoms with Crippen LogP contribution in [0, 0.1) is 13.8 Å². The van der Waals surface area contributed by atoms with Crippen molar-refractivity contribution >= 4 is 5.91 Å². The number of aryl methyl sites for hydroxylation is 2. The minimum absolute atomic E-state index is 0.148. The zero-order chi connectivity index (χ0) is 20.2. The van der Waals surface area contributed by atoms with Gasteiger partial charge in [0.1, 0.15) is 0 Å². The van der Waals surface area contributed by atoms with Crippen LogP contribution in [0.5, 0.6) is 0 Å². The number of carbonyl (C=O) groups excluding carboxylic acids is 1. The number of nitrogens with zero attached hydrogens (tertiary/aromatic N) is 2. The van der Waals surface area contributed by atoms with Crippen LogP contribution in [0.1, 0.15) is 38.7 Å². The predicted molar refractivity (Wildman–Crippen MR) is 118 cm³/mol. The highest BCUT2D eigenvalue weighted by atomic mass is 16.2. The van der Waals surface area contributed by atoms with Gasteiger partial charge in [-0.05, 0) is 36.6 Å². The highest BCUT2D eigenvalue weighted by Crippen LogP contribution is 2.30. The highest BCUT2D eigenvalue weighted by Gasteiger charge is 2.28. The fourth-order valence-electron chi connectivity index (χ4n) is 4.16. The summed E-state index contributed by atoms with van der Waals surface area (Å²) in [5.74, 6) is 0.148. The first kappa shape index (κ1) is 19.4. The molecule has 1 saturated heterocycles. The fourth-order valence-corrected chi connectivity index (χ4v) is 4.16. The molecule has 3 aromatic carbocycles. The molecule has 1 fully saturated rings. The third-order valence-electron chi connectivity index (χ3n) is 5.85. The van der Waals surface area contributed by atoms with Gasteiger partial charge in [-0.15, -0.1) is 0 Å². The Morgan fingerprint density at radius 1 is 0.724 bits per heavy atom. The van der Waals surface area contributed by atoms with E-state index in [1.54, 1.807) is 0 Å². The van der Waals surface area contributed by atoms with Crippen molar-refractivity contribution < 1.29 is 4.79 Å². The van der Waals surface area contributed by atoms with E-state index in [-0.39, 0.29) is 11.9 Å². The Morgan fingerprint density at radius 2 is 1.31 bits per heavy atom. The molecule has 3 nitrogen and oxygen atoms in total. The molecular formula is C26H28N2O. The Kier molecular flexibility index (Phi) is 5.77. The summed E-state index contributed by atoms with van der Waals surface area (Å²) >= 11 is 0. The number of carbonyl (C=O) groups is 1. The molecular weight excluding hydrogens is 356 g/mol. The van der Waals surface area contributed by atoms with E-state index in [0.717, 1.165) is 37.3 Å². The van der Waals surface area contributed by atoms with E-state index < -0.39 is 0 Å². The minimum atomic E-state index is 0.148. The fraction of sp³-hybridized carbons (Fsp3) is 0.269. The Hall–Kier alpha value is -2.91. The lowest BCUT2D eigenvalue weighted by molar-refractivity contribution is 0.0596. The minimum Gasteiger partial charge on any atom is -0.336 e. The Morgan fingerprint density at radius 3 is 1.97 bits per heavy atom. The van der Waals surface area contributed by atoms with Gasteiger partial charge < -0.3 is 4.90 Å². The van der Waals surface area contributed by atoms with E-state index in [4.69, 9.17) is 0 Å². The molecule has 0 radical (unpaired) electrons. The summed E-state index contributed by atoms with van der Waals surface area (Å²) in [6, 6.07) is 27.6. The van der Waals surface area contributed by atoms with Gasteiger partial charge in [-0.1, -0.05) is 78.4 Å². The van der Waals surface area contributed by atoms with E-state index in [2.05, 4.69) is 66.4 Å². The molecule has 3 heteroatoms. The molecule has 0 bridgehead atoms. The summed E-state index contributed by atoms with van der Waals surface area (Å²) in [6.45, 7) is 7.37. The maximum atomic E-state index is 13.0. The van der Waals surface area contributed by atoms with E-state index in [9.17, 15) is 4.79 Å². The molecule has 4 rings (SSSR count). The second-order valence-corrected chi connectivity index (χ2v) is 7.87. The van der Waals surface area contributed by atoms with E-state index >= 15 is 0 Å². The first-order chi connectivity index (χ1) is 14.1. The number of piperazine rings is 1. The molecule has 1 aliphatic heterocycles. The lowest BCUT2D eigenvalue weighted by Crippen LogP contribution is -2.50. The van der Waals surface area contributed by atoms with Gasteiger partial charge in [0.05, 0.1) is 6.04 Å². The van der Waals surface area contributed by atoms with Crippen molar-refractivity contribution in [2.45, 2.75) is 19.9 Å². The second-order valence-electron chi connectivity index (χ2n) is 7.87. The summed E-state index contributed by atoms with van der Waals surface area (Å²) in [5, 5.41) is 0. The lowest BCUT2D eigenvalue weighted by Gasteiger charge is -2.40. The summed E-state index contributed by atoms with van der Waals surface area (Å²) in [6.07, 6.45) is 0. The third kappa shape index (κ3) is 4.25. The van der Waals surface area contributed by atoms with Gasteiger partial charge in [0.25, 0.3) is 5.91 Å². The number of hydrogen-bond donors (Lipinski definition) is 0. The van der Waals surface area contributed by atoms with Gasteiger partial charge in [0, 0.05) is 31.7 Å². The summed E-state index contributed by atoms with van der Waals surface area (Å²) in [7, 11) is 0. The standard InChI is InChI=1S/C26H28N2O/c1-20-12-14-23(15-13-20)25(22-9-4-3-5-10-22)27-16-18-28(19-17-27)26(29)24-11-7-6-8-21(24)2/h3-15,25H,16-19H2,1-2H3/t25-/m1/s1. The zero-order valence-corrected chi connectivity index (χ0v) is 17.2. The van der Waals surface area contributed by atoms with Crippen LogP contribution >= 0.6 is 0 Å². The monoisotopic (exact) mass is 384 g/mol. The first-order valence-electron chi connectivity index (χ1n) is 10.3. The number of hydrogen-bond acceptors (Lipinski definition) is 2. The maximum absolute atomic E-state index is 13.0. The molecule has 1 heterocycles. The van der Waals surface area contributed by atoms with Crippen molar-refractivity contribution in [2.24, 2.45) is 0 Å². The average Bonchev–Trinajstić information content (AvgIpc) is 2.76. The van der Waals surface area contributed by atoms with Crippen LogP contribution in [0.4, 0.5) is 0 Å². The van der Waals surface area contributed by atoms with Gasteiger partial charge in [-0.2, -0.15) is 0 Å².